The fraction of sp³-hybridized carbons (Fsp3) is 0.100. The van der Waals surface area contributed by atoms with Gasteiger partial charge in [0.2, 0.25) is 5.91 Å². The third-order valence-electron chi connectivity index (χ3n) is 4.13. The smallest absolute Gasteiger partial charge is 0.294 e. The first-order chi connectivity index (χ1) is 13.9. The molecule has 0 atom stereocenters. The zero-order valence-electron chi connectivity index (χ0n) is 15.1. The molecule has 6 nitrogen and oxygen atoms in total. The Hall–Kier alpha value is -3.10. The van der Waals surface area contributed by atoms with Crippen LogP contribution < -0.4 is 10.9 Å². The monoisotopic (exact) mass is 428 g/mol. The van der Waals surface area contributed by atoms with Crippen LogP contribution in [0.25, 0.3) is 21.5 Å². The van der Waals surface area contributed by atoms with Crippen LogP contribution in [0.1, 0.15) is 5.01 Å². The van der Waals surface area contributed by atoms with Gasteiger partial charge in [0.1, 0.15) is 18.1 Å². The van der Waals surface area contributed by atoms with E-state index in [2.05, 4.69) is 15.4 Å². The summed E-state index contributed by atoms with van der Waals surface area (Å²) in [6, 6.07) is 12.6. The number of hydrogen-bond acceptors (Lipinski definition) is 5. The van der Waals surface area contributed by atoms with Gasteiger partial charge in [-0.3, -0.25) is 9.59 Å². The van der Waals surface area contributed by atoms with Crippen LogP contribution in [0.5, 0.6) is 0 Å². The molecule has 0 saturated carbocycles. The molecule has 0 spiro atoms. The second-order valence-electron chi connectivity index (χ2n) is 6.29. The number of fused-ring (bicyclic) bond motifs is 1. The van der Waals surface area contributed by atoms with Crippen LogP contribution in [0.15, 0.2) is 53.3 Å². The molecule has 1 amide bonds. The highest BCUT2D eigenvalue weighted by Crippen LogP contribution is 2.30. The second-order valence-corrected chi connectivity index (χ2v) is 7.93. The zero-order valence-corrected chi connectivity index (χ0v) is 16.7. The third kappa shape index (κ3) is 4.03. The van der Waals surface area contributed by atoms with Crippen molar-refractivity contribution in [2.45, 2.75) is 13.5 Å². The molecule has 2 aromatic heterocycles. The minimum atomic E-state index is -0.501. The molecule has 0 aliphatic carbocycles. The number of nitrogens with zero attached hydrogens (tertiary/aromatic N) is 3. The average molecular weight is 429 g/mol. The molecule has 2 heterocycles. The molecule has 0 fully saturated rings. The number of thiazole rings is 1. The van der Waals surface area contributed by atoms with Gasteiger partial charge in [-0.25, -0.2) is 14.1 Å². The van der Waals surface area contributed by atoms with E-state index in [1.54, 1.807) is 37.3 Å². The van der Waals surface area contributed by atoms with Crippen molar-refractivity contribution in [1.29, 1.82) is 0 Å². The van der Waals surface area contributed by atoms with Crippen LogP contribution in [-0.2, 0) is 11.3 Å². The molecular weight excluding hydrogens is 415 g/mol. The number of hydrogen-bond donors (Lipinski definition) is 1. The second kappa shape index (κ2) is 7.73. The number of carbonyl (C=O) groups is 1. The van der Waals surface area contributed by atoms with Crippen LogP contribution >= 0.6 is 22.9 Å². The van der Waals surface area contributed by atoms with E-state index >= 15 is 0 Å². The average Bonchev–Trinajstić information content (AvgIpc) is 3.07. The fourth-order valence-electron chi connectivity index (χ4n) is 2.87. The van der Waals surface area contributed by atoms with Crippen LogP contribution in [0, 0.1) is 12.7 Å². The van der Waals surface area contributed by atoms with Crippen molar-refractivity contribution in [1.82, 2.24) is 14.8 Å². The minimum absolute atomic E-state index is 0.256. The van der Waals surface area contributed by atoms with E-state index < -0.39 is 17.3 Å². The summed E-state index contributed by atoms with van der Waals surface area (Å²) in [5, 5.41) is 8.27. The quantitative estimate of drug-likeness (QED) is 0.527. The summed E-state index contributed by atoms with van der Waals surface area (Å²) in [5.74, 6) is -0.971. The maximum atomic E-state index is 13.3. The molecule has 0 aliphatic heterocycles. The molecule has 4 aromatic rings. The molecule has 1 N–H and O–H groups in total. The number of aromatic nitrogens is 3. The molecule has 2 aromatic carbocycles. The summed E-state index contributed by atoms with van der Waals surface area (Å²) in [5.41, 5.74) is 1.39. The first-order valence-corrected chi connectivity index (χ1v) is 9.80. The van der Waals surface area contributed by atoms with Gasteiger partial charge in [0, 0.05) is 16.3 Å². The summed E-state index contributed by atoms with van der Waals surface area (Å²) >= 11 is 7.33. The van der Waals surface area contributed by atoms with E-state index in [1.165, 1.54) is 29.5 Å². The van der Waals surface area contributed by atoms with Gasteiger partial charge in [-0.15, -0.1) is 11.3 Å². The number of aryl methyl sites for hydroxylation is 1. The van der Waals surface area contributed by atoms with E-state index in [0.29, 0.717) is 21.1 Å². The highest BCUT2D eigenvalue weighted by molar-refractivity contribution is 7.19. The summed E-state index contributed by atoms with van der Waals surface area (Å²) in [6.07, 6.45) is 0. The number of amides is 1. The lowest BCUT2D eigenvalue weighted by atomic mass is 10.1. The van der Waals surface area contributed by atoms with Gasteiger partial charge < -0.3 is 5.32 Å². The van der Waals surface area contributed by atoms with Crippen molar-refractivity contribution in [3.63, 3.8) is 0 Å². The first-order valence-electron chi connectivity index (χ1n) is 8.60. The first kappa shape index (κ1) is 19.2. The lowest BCUT2D eigenvalue weighted by Crippen LogP contribution is -2.30. The van der Waals surface area contributed by atoms with E-state index in [4.69, 9.17) is 11.6 Å². The number of nitrogens with one attached hydrogen (secondary N) is 1. The Morgan fingerprint density at radius 1 is 1.24 bits per heavy atom. The van der Waals surface area contributed by atoms with E-state index in [-0.39, 0.29) is 12.1 Å². The number of anilines is 1. The Morgan fingerprint density at radius 3 is 2.72 bits per heavy atom. The maximum Gasteiger partial charge on any atom is 0.294 e. The highest BCUT2D eigenvalue weighted by Gasteiger charge is 2.18. The van der Waals surface area contributed by atoms with Gasteiger partial charge in [-0.1, -0.05) is 29.8 Å². The Morgan fingerprint density at radius 2 is 2.00 bits per heavy atom. The number of halogens is 2. The summed E-state index contributed by atoms with van der Waals surface area (Å²) in [6.45, 7) is 1.47. The lowest BCUT2D eigenvalue weighted by Gasteiger charge is -2.09. The molecule has 29 heavy (non-hydrogen) atoms. The summed E-state index contributed by atoms with van der Waals surface area (Å²) in [4.78, 5) is 29.5. The van der Waals surface area contributed by atoms with E-state index in [1.807, 2.05) is 0 Å². The van der Waals surface area contributed by atoms with Crippen LogP contribution in [-0.4, -0.2) is 20.7 Å². The topological polar surface area (TPSA) is 76.9 Å². The van der Waals surface area contributed by atoms with Crippen molar-refractivity contribution in [3.05, 3.63) is 74.7 Å². The SMILES string of the molecule is Cc1nc2c(=O)n(CC(=O)Nc3cccc(F)c3)nc(-c3ccc(Cl)cc3)c2s1. The Bertz CT molecular complexity index is 1280. The van der Waals surface area contributed by atoms with Gasteiger partial charge >= 0.3 is 0 Å². The predicted octanol–water partition coefficient (Wildman–Crippen LogP) is 4.26. The van der Waals surface area contributed by atoms with Crippen molar-refractivity contribution in [2.24, 2.45) is 0 Å². The van der Waals surface area contributed by atoms with Crippen molar-refractivity contribution in [2.75, 3.05) is 5.32 Å². The minimum Gasteiger partial charge on any atom is -0.324 e. The molecular formula is C20H14ClFN4O2S. The lowest BCUT2D eigenvalue weighted by molar-refractivity contribution is -0.117. The fourth-order valence-corrected chi connectivity index (χ4v) is 3.92. The number of benzene rings is 2. The van der Waals surface area contributed by atoms with Gasteiger partial charge in [0.05, 0.1) is 9.71 Å². The van der Waals surface area contributed by atoms with Crippen molar-refractivity contribution >= 4 is 44.7 Å². The normalized spacial score (nSPS) is 11.0. The molecule has 0 aliphatic rings. The van der Waals surface area contributed by atoms with Crippen molar-refractivity contribution in [3.8, 4) is 11.3 Å². The van der Waals surface area contributed by atoms with Crippen molar-refractivity contribution < 1.29 is 9.18 Å². The number of rotatable bonds is 4. The third-order valence-corrected chi connectivity index (χ3v) is 5.36. The van der Waals surface area contributed by atoms with Gasteiger partial charge in [0.15, 0.2) is 5.52 Å². The zero-order chi connectivity index (χ0) is 20.5. The number of carbonyl (C=O) groups excluding carboxylic acids is 1. The highest BCUT2D eigenvalue weighted by atomic mass is 35.5. The largest absolute Gasteiger partial charge is 0.324 e. The van der Waals surface area contributed by atoms with Gasteiger partial charge in [0.25, 0.3) is 5.56 Å². The Kier molecular flexibility index (Phi) is 5.12. The maximum absolute atomic E-state index is 13.3. The van der Waals surface area contributed by atoms with Gasteiger partial charge in [-0.05, 0) is 37.3 Å². The van der Waals surface area contributed by atoms with E-state index in [0.717, 1.165) is 15.3 Å². The van der Waals surface area contributed by atoms with Gasteiger partial charge in [-0.2, -0.15) is 5.10 Å². The molecule has 0 bridgehead atoms. The standard InChI is InChI=1S/C20H14ClFN4O2S/c1-11-23-18-19(29-11)17(12-5-7-13(21)8-6-12)25-26(20(18)28)10-16(27)24-15-4-2-3-14(22)9-15/h2-9H,10H2,1H3,(H,24,27). The molecule has 0 unspecified atom stereocenters. The van der Waals surface area contributed by atoms with E-state index in [9.17, 15) is 14.0 Å². The molecule has 4 rings (SSSR count). The molecule has 146 valence electrons. The van der Waals surface area contributed by atoms with Crippen LogP contribution in [0.3, 0.4) is 0 Å². The van der Waals surface area contributed by atoms with Crippen LogP contribution in [0.2, 0.25) is 5.02 Å². The Balaban J connectivity index is 1.74. The summed E-state index contributed by atoms with van der Waals surface area (Å²) < 4.78 is 15.0. The van der Waals surface area contributed by atoms with Crippen LogP contribution in [0.4, 0.5) is 10.1 Å². The predicted molar refractivity (Wildman–Crippen MR) is 112 cm³/mol. The Labute approximate surface area is 173 Å². The summed E-state index contributed by atoms with van der Waals surface area (Å²) in [7, 11) is 0. The molecule has 0 radical (unpaired) electrons. The molecule has 9 heteroatoms. The molecule has 0 saturated heterocycles.